The molecule has 0 fully saturated rings. The molecule has 1 atom stereocenters. The van der Waals surface area contributed by atoms with Gasteiger partial charge in [-0.15, -0.1) is 0 Å². The summed E-state index contributed by atoms with van der Waals surface area (Å²) in [5.74, 6) is 0.821. The van der Waals surface area contributed by atoms with E-state index in [2.05, 4.69) is 19.7 Å². The van der Waals surface area contributed by atoms with Crippen molar-refractivity contribution in [2.45, 2.75) is 17.5 Å². The van der Waals surface area contributed by atoms with Crippen molar-refractivity contribution in [1.29, 1.82) is 0 Å². The Bertz CT molecular complexity index is 966. The Balaban J connectivity index is -0.000000653. The third kappa shape index (κ3) is 8.53. The fourth-order valence-corrected chi connectivity index (χ4v) is 3.32. The first-order chi connectivity index (χ1) is 12.5. The molecule has 2 aromatic heterocycles. The van der Waals surface area contributed by atoms with Gasteiger partial charge in [0.05, 0.1) is 36.5 Å². The van der Waals surface area contributed by atoms with Crippen molar-refractivity contribution in [3.05, 3.63) is 36.2 Å². The summed E-state index contributed by atoms with van der Waals surface area (Å²) >= 11 is 0. The average Bonchev–Trinajstić information content (AvgIpc) is 3.04. The first-order valence-corrected chi connectivity index (χ1v) is 8.67. The second-order valence-electron chi connectivity index (χ2n) is 5.02. The molecule has 32 heavy (non-hydrogen) atoms. The van der Waals surface area contributed by atoms with E-state index in [9.17, 15) is 13.0 Å². The van der Waals surface area contributed by atoms with Gasteiger partial charge in [0, 0.05) is 17.4 Å². The molecule has 10 N–H and O–H groups in total. The number of fused-ring (bicyclic) bond motifs is 1. The molecule has 178 valence electrons. The van der Waals surface area contributed by atoms with E-state index in [1.165, 1.54) is 38.6 Å². The summed E-state index contributed by atoms with van der Waals surface area (Å²) in [7, 11) is 1.34. The molecule has 16 heteroatoms. The Hall–Kier alpha value is -1.95. The van der Waals surface area contributed by atoms with Crippen molar-refractivity contribution in [3.8, 4) is 17.2 Å². The number of nitrogens with zero attached hydrogens (tertiary/aromatic N) is 3. The zero-order chi connectivity index (χ0) is 18.7. The molecule has 0 amide bonds. The van der Waals surface area contributed by atoms with Crippen LogP contribution in [0.3, 0.4) is 0 Å². The smallest absolute Gasteiger partial charge is 0.493 e. The number of hydrogen-bond donors (Lipinski definition) is 0. The number of alkyl halides is 2. The van der Waals surface area contributed by atoms with Crippen LogP contribution >= 0.6 is 0 Å². The minimum absolute atomic E-state index is 0. The van der Waals surface area contributed by atoms with Crippen LogP contribution in [0.5, 0.6) is 17.2 Å². The molecule has 0 aliphatic heterocycles. The molecular weight excluding hydrogens is 471 g/mol. The Labute approximate surface area is 205 Å². The number of benzene rings is 1. The zero-order valence-electron chi connectivity index (χ0n) is 17.3. The first kappa shape index (κ1) is 37.4. The zero-order valence-corrected chi connectivity index (χ0v) is 20.1. The summed E-state index contributed by atoms with van der Waals surface area (Å²) in [5.41, 5.74) is 1.18. The van der Waals surface area contributed by atoms with Crippen LogP contribution in [0.15, 0.2) is 35.6 Å². The number of rotatable bonds is 7. The number of pyridine rings is 1. The van der Waals surface area contributed by atoms with Gasteiger partial charge < -0.3 is 51.6 Å². The average molecular weight is 495 g/mol. The Morgan fingerprint density at radius 3 is 2.28 bits per heavy atom. The van der Waals surface area contributed by atoms with E-state index in [4.69, 9.17) is 9.47 Å². The van der Waals surface area contributed by atoms with Crippen LogP contribution in [0.1, 0.15) is 5.69 Å². The summed E-state index contributed by atoms with van der Waals surface area (Å²) in [5, 5.41) is 0.0702. The van der Waals surface area contributed by atoms with Gasteiger partial charge in [-0.2, -0.15) is 8.78 Å². The van der Waals surface area contributed by atoms with Crippen LogP contribution < -0.4 is 48.8 Å². The van der Waals surface area contributed by atoms with Crippen molar-refractivity contribution in [3.63, 3.8) is 0 Å². The fraction of sp³-hybridized carbons (Fsp3) is 0.250. The molecule has 0 aliphatic carbocycles. The Morgan fingerprint density at radius 2 is 1.72 bits per heavy atom. The molecule has 1 unspecified atom stereocenters. The van der Waals surface area contributed by atoms with E-state index < -0.39 is 17.4 Å². The molecule has 1 aromatic carbocycles. The third-order valence-corrected chi connectivity index (χ3v) is 4.57. The van der Waals surface area contributed by atoms with Gasteiger partial charge in [-0.1, -0.05) is 6.07 Å². The number of hydrogen-bond acceptors (Lipinski definition) is 6. The SMILES string of the molecule is COc1ccnc(CS(=O)c2nc3cc(OC(F)F)ccc3[n-]2)c1OC.O.O.O.O.O.[Na+]. The summed E-state index contributed by atoms with van der Waals surface area (Å²) < 4.78 is 52.0. The van der Waals surface area contributed by atoms with E-state index in [0.717, 1.165) is 0 Å². The number of imidazole rings is 1. The second kappa shape index (κ2) is 16.7. The minimum atomic E-state index is -2.93. The summed E-state index contributed by atoms with van der Waals surface area (Å²) in [4.78, 5) is 12.5. The topological polar surface area (TPSA) is 242 Å². The molecule has 0 saturated carbocycles. The van der Waals surface area contributed by atoms with Crippen LogP contribution in [0.4, 0.5) is 8.78 Å². The standard InChI is InChI=1S/C16H14F2N3O4S.Na.5H2O/c1-23-13-5-6-19-12(14(13)24-2)8-26(22)16-20-10-4-3-9(25-15(17)18)7-11(10)21-16;;;;;;/h3-7,15H,8H2,1-2H3;;5*1H2/q-1;+1;;;;;. The van der Waals surface area contributed by atoms with Gasteiger partial charge in [-0.05, 0) is 23.2 Å². The fourth-order valence-electron chi connectivity index (χ4n) is 2.34. The van der Waals surface area contributed by atoms with Crippen LogP contribution in [0.2, 0.25) is 0 Å². The molecule has 2 heterocycles. The van der Waals surface area contributed by atoms with Gasteiger partial charge >= 0.3 is 36.2 Å². The van der Waals surface area contributed by atoms with Gasteiger partial charge in [-0.25, -0.2) is 0 Å². The number of ether oxygens (including phenoxy) is 3. The maximum absolute atomic E-state index is 12.6. The van der Waals surface area contributed by atoms with Crippen molar-refractivity contribution in [2.24, 2.45) is 0 Å². The van der Waals surface area contributed by atoms with E-state index in [1.54, 1.807) is 6.07 Å². The van der Waals surface area contributed by atoms with E-state index >= 15 is 0 Å². The predicted molar refractivity (Wildman–Crippen MR) is 107 cm³/mol. The largest absolute Gasteiger partial charge is 1.00 e. The molecule has 0 aliphatic rings. The van der Waals surface area contributed by atoms with Gasteiger partial charge in [0.2, 0.25) is 0 Å². The molecule has 0 radical (unpaired) electrons. The van der Waals surface area contributed by atoms with E-state index in [0.29, 0.717) is 28.2 Å². The predicted octanol–water partition coefficient (Wildman–Crippen LogP) is -4.61. The van der Waals surface area contributed by atoms with Crippen molar-refractivity contribution >= 4 is 21.8 Å². The molecule has 0 saturated heterocycles. The van der Waals surface area contributed by atoms with Gasteiger partial charge in [0.25, 0.3) is 0 Å². The summed E-state index contributed by atoms with van der Waals surface area (Å²) in [6, 6.07) is 5.77. The number of halogens is 2. The minimum Gasteiger partial charge on any atom is -0.493 e. The normalized spacial score (nSPS) is 10.0. The van der Waals surface area contributed by atoms with Gasteiger partial charge in [-0.3, -0.25) is 9.19 Å². The third-order valence-electron chi connectivity index (χ3n) is 3.44. The maximum atomic E-state index is 12.6. The molecule has 3 rings (SSSR count). The Morgan fingerprint density at radius 1 is 1.06 bits per heavy atom. The molecule has 0 bridgehead atoms. The van der Waals surface area contributed by atoms with Crippen LogP contribution in [0, 0.1) is 0 Å². The maximum Gasteiger partial charge on any atom is 1.00 e. The second-order valence-corrected chi connectivity index (χ2v) is 6.36. The van der Waals surface area contributed by atoms with E-state index in [1.807, 2.05) is 0 Å². The Kier molecular flexibility index (Phi) is 19.4. The van der Waals surface area contributed by atoms with Crippen LogP contribution in [-0.4, -0.2) is 62.4 Å². The van der Waals surface area contributed by atoms with Crippen LogP contribution in [-0.2, 0) is 16.6 Å². The molecule has 12 nitrogen and oxygen atoms in total. The van der Waals surface area contributed by atoms with E-state index in [-0.39, 0.29) is 73.6 Å². The molecular formula is C16H24F2N3NaO9S. The van der Waals surface area contributed by atoms with Gasteiger partial charge in [0.1, 0.15) is 5.75 Å². The summed E-state index contributed by atoms with van der Waals surface area (Å²) in [6.07, 6.45) is 1.52. The quantitative estimate of drug-likeness (QED) is 0.290. The molecule has 0 spiro atoms. The van der Waals surface area contributed by atoms with Crippen LogP contribution in [0.25, 0.3) is 11.0 Å². The summed E-state index contributed by atoms with van der Waals surface area (Å²) in [6.45, 7) is -2.93. The van der Waals surface area contributed by atoms with Crippen molar-refractivity contribution < 1.29 is 84.1 Å². The monoisotopic (exact) mass is 495 g/mol. The number of aromatic nitrogens is 3. The first-order valence-electron chi connectivity index (χ1n) is 7.35. The van der Waals surface area contributed by atoms with Gasteiger partial charge in [0.15, 0.2) is 11.5 Å². The molecule has 3 aromatic rings. The number of methoxy groups -OCH3 is 2. The van der Waals surface area contributed by atoms with Crippen molar-refractivity contribution in [2.75, 3.05) is 14.2 Å². The van der Waals surface area contributed by atoms with Crippen molar-refractivity contribution in [1.82, 2.24) is 15.0 Å².